The molecule has 0 aromatic heterocycles. The summed E-state index contributed by atoms with van der Waals surface area (Å²) in [5.74, 6) is 1.31. The summed E-state index contributed by atoms with van der Waals surface area (Å²) in [5, 5.41) is 9.70. The van der Waals surface area contributed by atoms with Crippen molar-refractivity contribution in [3.63, 3.8) is 0 Å². The summed E-state index contributed by atoms with van der Waals surface area (Å²) in [6, 6.07) is 0. The Kier molecular flexibility index (Phi) is 3.04. The highest BCUT2D eigenvalue weighted by Gasteiger charge is 2.48. The fourth-order valence-electron chi connectivity index (χ4n) is 2.84. The first-order chi connectivity index (χ1) is 8.05. The Bertz CT molecular complexity index is 394. The molecule has 0 bridgehead atoms. The van der Waals surface area contributed by atoms with Crippen LogP contribution in [0.1, 0.15) is 26.7 Å². The lowest BCUT2D eigenvalue weighted by atomic mass is 9.70. The molecule has 3 nitrogen and oxygen atoms in total. The molecule has 3 atom stereocenters. The molecule has 0 fully saturated rings. The molecule has 1 N–H and O–H groups in total. The Morgan fingerprint density at radius 2 is 2.41 bits per heavy atom. The molecule has 2 aliphatic rings. The maximum Gasteiger partial charge on any atom is 0.160 e. The molecule has 17 heavy (non-hydrogen) atoms. The minimum atomic E-state index is -0.414. The third kappa shape index (κ3) is 1.69. The minimum Gasteiger partial charge on any atom is -0.494 e. The van der Waals surface area contributed by atoms with E-state index in [1.54, 1.807) is 7.11 Å². The molecule has 0 aromatic carbocycles. The topological polar surface area (TPSA) is 38.7 Å². The van der Waals surface area contributed by atoms with Crippen molar-refractivity contribution < 1.29 is 14.6 Å². The predicted octanol–water partition coefficient (Wildman–Crippen LogP) is 2.54. The number of aliphatic hydroxyl groups excluding tert-OH is 1. The van der Waals surface area contributed by atoms with Crippen molar-refractivity contribution in [1.82, 2.24) is 0 Å². The molecule has 0 saturated carbocycles. The van der Waals surface area contributed by atoms with Crippen molar-refractivity contribution in [2.45, 2.75) is 38.9 Å². The Morgan fingerprint density at radius 1 is 1.71 bits per heavy atom. The van der Waals surface area contributed by atoms with Crippen LogP contribution >= 0.6 is 0 Å². The molecular formula is C14H20O3. The van der Waals surface area contributed by atoms with E-state index in [1.165, 1.54) is 0 Å². The Labute approximate surface area is 102 Å². The summed E-state index contributed by atoms with van der Waals surface area (Å²) in [7, 11) is 1.59. The normalized spacial score (nSPS) is 35.5. The van der Waals surface area contributed by atoms with Gasteiger partial charge in [-0.15, -0.1) is 0 Å². The molecular weight excluding hydrogens is 216 g/mol. The molecule has 0 spiro atoms. The third-order valence-corrected chi connectivity index (χ3v) is 4.03. The van der Waals surface area contributed by atoms with Gasteiger partial charge in [0.15, 0.2) is 11.5 Å². The zero-order chi connectivity index (χ0) is 12.6. The van der Waals surface area contributed by atoms with Gasteiger partial charge in [0, 0.05) is 11.8 Å². The molecule has 0 saturated heterocycles. The zero-order valence-electron chi connectivity index (χ0n) is 10.7. The molecule has 3 unspecified atom stereocenters. The summed E-state index contributed by atoms with van der Waals surface area (Å²) >= 11 is 0. The molecule has 1 aliphatic carbocycles. The summed E-state index contributed by atoms with van der Waals surface area (Å²) in [4.78, 5) is 0. The summed E-state index contributed by atoms with van der Waals surface area (Å²) < 4.78 is 11.1. The molecule has 94 valence electrons. The highest BCUT2D eigenvalue weighted by atomic mass is 16.5. The maximum atomic E-state index is 9.70. The van der Waals surface area contributed by atoms with Crippen LogP contribution in [0.15, 0.2) is 35.8 Å². The number of hydrogen-bond donors (Lipinski definition) is 1. The van der Waals surface area contributed by atoms with Gasteiger partial charge in [0.05, 0.1) is 13.2 Å². The molecule has 1 heterocycles. The van der Waals surface area contributed by atoms with Crippen LogP contribution in [0.3, 0.4) is 0 Å². The Morgan fingerprint density at radius 3 is 3.00 bits per heavy atom. The lowest BCUT2D eigenvalue weighted by Crippen LogP contribution is -2.37. The van der Waals surface area contributed by atoms with E-state index in [2.05, 4.69) is 26.5 Å². The lowest BCUT2D eigenvalue weighted by Gasteiger charge is -2.35. The number of fused-ring (bicyclic) bond motifs is 1. The van der Waals surface area contributed by atoms with Gasteiger partial charge in [-0.1, -0.05) is 25.7 Å². The second-order valence-electron chi connectivity index (χ2n) is 4.74. The number of aliphatic hydroxyl groups is 1. The van der Waals surface area contributed by atoms with Crippen LogP contribution in [0, 0.1) is 5.41 Å². The minimum absolute atomic E-state index is 0.00519. The van der Waals surface area contributed by atoms with E-state index in [4.69, 9.17) is 9.47 Å². The van der Waals surface area contributed by atoms with Crippen molar-refractivity contribution in [2.75, 3.05) is 7.11 Å². The van der Waals surface area contributed by atoms with Crippen molar-refractivity contribution in [3.8, 4) is 0 Å². The molecule has 0 amide bonds. The first-order valence-corrected chi connectivity index (χ1v) is 6.04. The van der Waals surface area contributed by atoms with E-state index in [0.29, 0.717) is 12.2 Å². The van der Waals surface area contributed by atoms with Gasteiger partial charge in [-0.05, 0) is 18.9 Å². The average molecular weight is 236 g/mol. The number of ether oxygens (including phenoxy) is 2. The van der Waals surface area contributed by atoms with Crippen LogP contribution in [-0.2, 0) is 9.47 Å². The van der Waals surface area contributed by atoms with Crippen molar-refractivity contribution in [1.29, 1.82) is 0 Å². The van der Waals surface area contributed by atoms with E-state index in [1.807, 2.05) is 6.08 Å². The van der Waals surface area contributed by atoms with Crippen LogP contribution in [-0.4, -0.2) is 24.4 Å². The smallest absolute Gasteiger partial charge is 0.160 e. The summed E-state index contributed by atoms with van der Waals surface area (Å²) in [5.41, 5.74) is 1.05. The first-order valence-electron chi connectivity index (χ1n) is 6.04. The summed E-state index contributed by atoms with van der Waals surface area (Å²) in [6.07, 6.45) is 5.11. The molecule has 1 aliphatic heterocycles. The zero-order valence-corrected chi connectivity index (χ0v) is 10.7. The Balaban J connectivity index is 2.41. The van der Waals surface area contributed by atoms with Crippen molar-refractivity contribution in [3.05, 3.63) is 35.8 Å². The largest absolute Gasteiger partial charge is 0.494 e. The number of hydrogen-bond acceptors (Lipinski definition) is 3. The van der Waals surface area contributed by atoms with Gasteiger partial charge in [-0.25, -0.2) is 0 Å². The van der Waals surface area contributed by atoms with Crippen LogP contribution in [0.2, 0.25) is 0 Å². The van der Waals surface area contributed by atoms with E-state index >= 15 is 0 Å². The lowest BCUT2D eigenvalue weighted by molar-refractivity contribution is 0.0265. The van der Waals surface area contributed by atoms with Gasteiger partial charge < -0.3 is 14.6 Å². The third-order valence-electron chi connectivity index (χ3n) is 4.03. The van der Waals surface area contributed by atoms with Gasteiger partial charge >= 0.3 is 0 Å². The highest BCUT2D eigenvalue weighted by Crippen LogP contribution is 2.51. The Hall–Kier alpha value is -1.22. The van der Waals surface area contributed by atoms with Crippen LogP contribution in [0.25, 0.3) is 0 Å². The molecule has 3 heteroatoms. The fourth-order valence-corrected chi connectivity index (χ4v) is 2.84. The second kappa shape index (κ2) is 4.22. The van der Waals surface area contributed by atoms with E-state index in [-0.39, 0.29) is 11.5 Å². The predicted molar refractivity (Wildman–Crippen MR) is 66.2 cm³/mol. The fraction of sp³-hybridized carbons (Fsp3) is 0.571. The van der Waals surface area contributed by atoms with Crippen molar-refractivity contribution >= 4 is 0 Å². The van der Waals surface area contributed by atoms with E-state index < -0.39 is 6.10 Å². The highest BCUT2D eigenvalue weighted by molar-refractivity contribution is 5.39. The molecule has 2 rings (SSSR count). The SMILES string of the molecule is C=C(OC)C1=C(C)C2(CC)C=CC(O)CC2O1. The molecule has 0 aromatic rings. The van der Waals surface area contributed by atoms with Gasteiger partial charge in [-0.2, -0.15) is 0 Å². The maximum absolute atomic E-state index is 9.70. The molecule has 0 radical (unpaired) electrons. The van der Waals surface area contributed by atoms with Crippen molar-refractivity contribution in [2.24, 2.45) is 5.41 Å². The van der Waals surface area contributed by atoms with Gasteiger partial charge in [-0.3, -0.25) is 0 Å². The van der Waals surface area contributed by atoms with Crippen LogP contribution in [0.4, 0.5) is 0 Å². The first kappa shape index (κ1) is 12.2. The monoisotopic (exact) mass is 236 g/mol. The number of rotatable bonds is 3. The van der Waals surface area contributed by atoms with Gasteiger partial charge in [0.25, 0.3) is 0 Å². The van der Waals surface area contributed by atoms with E-state index in [9.17, 15) is 5.11 Å². The quantitative estimate of drug-likeness (QED) is 0.604. The second-order valence-corrected chi connectivity index (χ2v) is 4.74. The standard InChI is InChI=1S/C14H20O3/c1-5-14-7-6-11(15)8-12(14)17-13(9(14)2)10(3)16-4/h6-7,11-12,15H,3,5,8H2,1-2,4H3. The van der Waals surface area contributed by atoms with Crippen LogP contribution in [0.5, 0.6) is 0 Å². The van der Waals surface area contributed by atoms with Crippen LogP contribution < -0.4 is 0 Å². The number of methoxy groups -OCH3 is 1. The van der Waals surface area contributed by atoms with E-state index in [0.717, 1.165) is 17.8 Å². The average Bonchev–Trinajstić information content (AvgIpc) is 2.62. The van der Waals surface area contributed by atoms with Gasteiger partial charge in [0.1, 0.15) is 6.10 Å². The summed E-state index contributed by atoms with van der Waals surface area (Å²) in [6.45, 7) is 8.06. The van der Waals surface area contributed by atoms with Gasteiger partial charge in [0.2, 0.25) is 0 Å².